The summed E-state index contributed by atoms with van der Waals surface area (Å²) in [5.41, 5.74) is 2.86. The molecule has 0 aliphatic carbocycles. The van der Waals surface area contributed by atoms with E-state index < -0.39 is 0 Å². The molecule has 1 aliphatic heterocycles. The number of rotatable bonds is 7. The predicted octanol–water partition coefficient (Wildman–Crippen LogP) is 2.80. The number of aromatic nitrogens is 2. The highest BCUT2D eigenvalue weighted by atomic mass is 16.5. The number of carbonyl (C=O) groups excluding carboxylic acids is 1. The van der Waals surface area contributed by atoms with Gasteiger partial charge in [-0.25, -0.2) is 9.97 Å². The number of likely N-dealkylation sites (tertiary alicyclic amines) is 1. The van der Waals surface area contributed by atoms with Gasteiger partial charge in [0, 0.05) is 20.2 Å². The molecule has 0 saturated carbocycles. The van der Waals surface area contributed by atoms with Crippen LogP contribution < -0.4 is 10.1 Å². The molecule has 2 aromatic rings. The molecule has 2 heterocycles. The number of ether oxygens (including phenoxy) is 1. The molecule has 1 fully saturated rings. The lowest BCUT2D eigenvalue weighted by Gasteiger charge is -2.21. The second kappa shape index (κ2) is 9.22. The number of methoxy groups -OCH3 is 1. The molecular formula is C22H31N5O2. The molecular weight excluding hydrogens is 366 g/mol. The van der Waals surface area contributed by atoms with Crippen LogP contribution in [0.3, 0.4) is 0 Å². The number of amides is 1. The molecule has 1 atom stereocenters. The predicted molar refractivity (Wildman–Crippen MR) is 114 cm³/mol. The largest absolute Gasteiger partial charge is 0.496 e. The average molecular weight is 398 g/mol. The highest BCUT2D eigenvalue weighted by molar-refractivity contribution is 5.78. The van der Waals surface area contributed by atoms with Crippen LogP contribution >= 0.6 is 0 Å². The van der Waals surface area contributed by atoms with Gasteiger partial charge in [-0.1, -0.05) is 12.1 Å². The van der Waals surface area contributed by atoms with Crippen molar-refractivity contribution in [2.75, 3.05) is 40.1 Å². The number of nitrogens with zero attached hydrogens (tertiary/aromatic N) is 4. The van der Waals surface area contributed by atoms with E-state index in [2.05, 4.69) is 22.2 Å². The first-order chi connectivity index (χ1) is 13.9. The molecule has 1 amide bonds. The van der Waals surface area contributed by atoms with Crippen LogP contribution in [-0.4, -0.2) is 60.5 Å². The number of benzene rings is 1. The van der Waals surface area contributed by atoms with Crippen molar-refractivity contribution in [2.24, 2.45) is 0 Å². The van der Waals surface area contributed by atoms with Crippen molar-refractivity contribution in [3.05, 3.63) is 46.9 Å². The van der Waals surface area contributed by atoms with E-state index in [1.54, 1.807) is 12.0 Å². The van der Waals surface area contributed by atoms with Crippen molar-refractivity contribution in [1.82, 2.24) is 19.8 Å². The summed E-state index contributed by atoms with van der Waals surface area (Å²) in [6.45, 7) is 3.50. The van der Waals surface area contributed by atoms with Gasteiger partial charge in [-0.15, -0.1) is 0 Å². The second-order valence-corrected chi connectivity index (χ2v) is 7.72. The molecule has 1 aliphatic rings. The third-order valence-electron chi connectivity index (χ3n) is 5.51. The van der Waals surface area contributed by atoms with Gasteiger partial charge in [0.15, 0.2) is 0 Å². The first kappa shape index (κ1) is 21.0. The Morgan fingerprint density at radius 2 is 2.14 bits per heavy atom. The Labute approximate surface area is 173 Å². The number of hydrogen-bond donors (Lipinski definition) is 1. The van der Waals surface area contributed by atoms with Crippen molar-refractivity contribution in [1.29, 1.82) is 0 Å². The second-order valence-electron chi connectivity index (χ2n) is 7.72. The van der Waals surface area contributed by atoms with Crippen molar-refractivity contribution < 1.29 is 9.53 Å². The van der Waals surface area contributed by atoms with Crippen LogP contribution in [-0.2, 0) is 17.8 Å². The fourth-order valence-electron chi connectivity index (χ4n) is 3.80. The molecule has 1 aromatic heterocycles. The smallest absolute Gasteiger partial charge is 0.227 e. The van der Waals surface area contributed by atoms with Gasteiger partial charge in [0.05, 0.1) is 31.8 Å². The first-order valence-electron chi connectivity index (χ1n) is 10.0. The fourth-order valence-corrected chi connectivity index (χ4v) is 3.80. The van der Waals surface area contributed by atoms with Gasteiger partial charge in [-0.2, -0.15) is 0 Å². The van der Waals surface area contributed by atoms with E-state index in [4.69, 9.17) is 9.72 Å². The lowest BCUT2D eigenvalue weighted by molar-refractivity contribution is -0.129. The lowest BCUT2D eigenvalue weighted by atomic mass is 10.1. The van der Waals surface area contributed by atoms with Gasteiger partial charge in [0.2, 0.25) is 5.91 Å². The summed E-state index contributed by atoms with van der Waals surface area (Å²) in [6, 6.07) is 8.01. The fraction of sp³-hybridized carbons (Fsp3) is 0.500. The Morgan fingerprint density at radius 1 is 1.34 bits per heavy atom. The molecule has 7 heteroatoms. The summed E-state index contributed by atoms with van der Waals surface area (Å²) in [4.78, 5) is 26.2. The summed E-state index contributed by atoms with van der Waals surface area (Å²) in [5, 5.41) is 3.12. The quantitative estimate of drug-likeness (QED) is 0.775. The third-order valence-corrected chi connectivity index (χ3v) is 5.51. The molecule has 0 bridgehead atoms. The summed E-state index contributed by atoms with van der Waals surface area (Å²) in [7, 11) is 7.44. The molecule has 7 nitrogen and oxygen atoms in total. The van der Waals surface area contributed by atoms with Crippen LogP contribution in [0.25, 0.3) is 0 Å². The first-order valence-corrected chi connectivity index (χ1v) is 10.0. The summed E-state index contributed by atoms with van der Waals surface area (Å²) in [5.74, 6) is 2.51. The Bertz CT molecular complexity index is 870. The van der Waals surface area contributed by atoms with Crippen LogP contribution in [0, 0.1) is 6.92 Å². The highest BCUT2D eigenvalue weighted by Gasteiger charge is 2.26. The monoisotopic (exact) mass is 397 g/mol. The number of carbonyl (C=O) groups is 1. The summed E-state index contributed by atoms with van der Waals surface area (Å²) < 4.78 is 5.30. The minimum atomic E-state index is 0.0544. The van der Waals surface area contributed by atoms with Crippen molar-refractivity contribution in [3.63, 3.8) is 0 Å². The van der Waals surface area contributed by atoms with E-state index in [1.807, 2.05) is 45.3 Å². The molecule has 1 unspecified atom stereocenters. The van der Waals surface area contributed by atoms with Crippen LogP contribution in [0.15, 0.2) is 24.3 Å². The summed E-state index contributed by atoms with van der Waals surface area (Å²) >= 11 is 0. The zero-order valence-corrected chi connectivity index (χ0v) is 18.0. The number of anilines is 1. The van der Waals surface area contributed by atoms with E-state index in [9.17, 15) is 4.79 Å². The third kappa shape index (κ3) is 5.03. The maximum atomic E-state index is 12.8. The minimum absolute atomic E-state index is 0.0544. The molecule has 1 N–H and O–H groups in total. The molecule has 3 rings (SSSR count). The molecule has 0 spiro atoms. The zero-order chi connectivity index (χ0) is 21.0. The van der Waals surface area contributed by atoms with Crippen molar-refractivity contribution in [3.8, 4) is 5.75 Å². The van der Waals surface area contributed by atoms with E-state index in [1.165, 1.54) is 0 Å². The maximum Gasteiger partial charge on any atom is 0.227 e. The number of hydrogen-bond acceptors (Lipinski definition) is 6. The normalized spacial score (nSPS) is 16.7. The van der Waals surface area contributed by atoms with E-state index in [0.717, 1.165) is 53.6 Å². The van der Waals surface area contributed by atoms with Crippen LogP contribution in [0.2, 0.25) is 0 Å². The summed E-state index contributed by atoms with van der Waals surface area (Å²) in [6.07, 6.45) is 2.57. The highest BCUT2D eigenvalue weighted by Crippen LogP contribution is 2.29. The van der Waals surface area contributed by atoms with Gasteiger partial charge >= 0.3 is 0 Å². The van der Waals surface area contributed by atoms with Crippen LogP contribution in [0.1, 0.15) is 41.5 Å². The van der Waals surface area contributed by atoms with Gasteiger partial charge in [-0.3, -0.25) is 9.69 Å². The van der Waals surface area contributed by atoms with Gasteiger partial charge in [0.25, 0.3) is 0 Å². The topological polar surface area (TPSA) is 70.6 Å². The SMILES string of the molecule is CNc1cc(CN(C)C(=O)Cc2ccc(OC)c(C)c2)nc(C2CCCN2C)n1. The van der Waals surface area contributed by atoms with Gasteiger partial charge in [-0.05, 0) is 50.6 Å². The molecule has 0 radical (unpaired) electrons. The molecule has 1 saturated heterocycles. The lowest BCUT2D eigenvalue weighted by Crippen LogP contribution is -2.29. The zero-order valence-electron chi connectivity index (χ0n) is 18.0. The molecule has 1 aromatic carbocycles. The van der Waals surface area contributed by atoms with E-state index >= 15 is 0 Å². The molecule has 29 heavy (non-hydrogen) atoms. The Morgan fingerprint density at radius 3 is 2.76 bits per heavy atom. The maximum absolute atomic E-state index is 12.8. The Balaban J connectivity index is 1.71. The number of aryl methyl sites for hydroxylation is 1. The number of likely N-dealkylation sites (N-methyl/N-ethyl adjacent to an activating group) is 1. The van der Waals surface area contributed by atoms with E-state index in [0.29, 0.717) is 13.0 Å². The van der Waals surface area contributed by atoms with Crippen LogP contribution in [0.4, 0.5) is 5.82 Å². The Kier molecular flexibility index (Phi) is 6.69. The van der Waals surface area contributed by atoms with Crippen LogP contribution in [0.5, 0.6) is 5.75 Å². The molecule has 156 valence electrons. The van der Waals surface area contributed by atoms with Crippen molar-refractivity contribution in [2.45, 2.75) is 38.8 Å². The average Bonchev–Trinajstić information content (AvgIpc) is 3.13. The van der Waals surface area contributed by atoms with Gasteiger partial charge < -0.3 is 15.0 Å². The standard InChI is InChI=1S/C22H31N5O2/c1-15-11-16(8-9-19(15)29-5)12-21(28)27(4)14-17-13-20(23-2)25-22(24-17)18-7-6-10-26(18)3/h8-9,11,13,18H,6-7,10,12,14H2,1-5H3,(H,23,24,25). The minimum Gasteiger partial charge on any atom is -0.496 e. The van der Waals surface area contributed by atoms with Gasteiger partial charge in [0.1, 0.15) is 17.4 Å². The number of nitrogens with one attached hydrogen (secondary N) is 1. The van der Waals surface area contributed by atoms with Crippen molar-refractivity contribution >= 4 is 11.7 Å². The van der Waals surface area contributed by atoms with E-state index in [-0.39, 0.29) is 11.9 Å². The Hall–Kier alpha value is -2.67.